The topological polar surface area (TPSA) is 70.7 Å². The zero-order valence-corrected chi connectivity index (χ0v) is 19.4. The number of ether oxygens (including phenoxy) is 1. The molecule has 172 valence electrons. The lowest BCUT2D eigenvalue weighted by molar-refractivity contribution is -0.114. The third-order valence-electron chi connectivity index (χ3n) is 4.89. The minimum Gasteiger partial charge on any atom is -0.493 e. The van der Waals surface area contributed by atoms with Crippen LogP contribution in [0.25, 0.3) is 0 Å². The van der Waals surface area contributed by atoms with Crippen LogP contribution in [-0.2, 0) is 4.79 Å². The van der Waals surface area contributed by atoms with E-state index >= 15 is 0 Å². The lowest BCUT2D eigenvalue weighted by Crippen LogP contribution is -2.30. The predicted molar refractivity (Wildman–Crippen MR) is 134 cm³/mol. The number of anilines is 3. The Morgan fingerprint density at radius 3 is 2.36 bits per heavy atom. The SMILES string of the molecule is CCN(C(=O)c1cccc(NC(=O)CNc2cccc(OCC(C)C)c2)c1)c1ccccc1. The Bertz CT molecular complexity index is 1070. The largest absolute Gasteiger partial charge is 0.493 e. The highest BCUT2D eigenvalue weighted by Gasteiger charge is 2.16. The van der Waals surface area contributed by atoms with Crippen molar-refractivity contribution >= 4 is 28.9 Å². The summed E-state index contributed by atoms with van der Waals surface area (Å²) >= 11 is 0. The quantitative estimate of drug-likeness (QED) is 0.436. The van der Waals surface area contributed by atoms with Crippen molar-refractivity contribution in [2.45, 2.75) is 20.8 Å². The van der Waals surface area contributed by atoms with Crippen LogP contribution in [0.15, 0.2) is 78.9 Å². The summed E-state index contributed by atoms with van der Waals surface area (Å²) < 4.78 is 5.73. The Balaban J connectivity index is 1.59. The molecule has 0 saturated carbocycles. The summed E-state index contributed by atoms with van der Waals surface area (Å²) in [6, 6.07) is 24.1. The van der Waals surface area contributed by atoms with Gasteiger partial charge in [0.2, 0.25) is 5.91 Å². The van der Waals surface area contributed by atoms with Crippen LogP contribution in [0.2, 0.25) is 0 Å². The Morgan fingerprint density at radius 2 is 1.64 bits per heavy atom. The molecule has 0 saturated heterocycles. The number of nitrogens with zero attached hydrogens (tertiary/aromatic N) is 1. The van der Waals surface area contributed by atoms with Crippen LogP contribution >= 0.6 is 0 Å². The highest BCUT2D eigenvalue weighted by Crippen LogP contribution is 2.20. The van der Waals surface area contributed by atoms with Gasteiger partial charge in [-0.25, -0.2) is 0 Å². The van der Waals surface area contributed by atoms with Crippen molar-refractivity contribution in [1.29, 1.82) is 0 Å². The minimum absolute atomic E-state index is 0.0942. The van der Waals surface area contributed by atoms with Crippen LogP contribution < -0.4 is 20.3 Å². The normalized spacial score (nSPS) is 10.5. The molecule has 6 nitrogen and oxygen atoms in total. The first-order chi connectivity index (χ1) is 16.0. The maximum absolute atomic E-state index is 13.0. The number of rotatable bonds is 10. The number of nitrogens with one attached hydrogen (secondary N) is 2. The Hall–Kier alpha value is -3.80. The highest BCUT2D eigenvalue weighted by atomic mass is 16.5. The van der Waals surface area contributed by atoms with Crippen molar-refractivity contribution < 1.29 is 14.3 Å². The first-order valence-corrected chi connectivity index (χ1v) is 11.2. The second-order valence-corrected chi connectivity index (χ2v) is 8.10. The van der Waals surface area contributed by atoms with Gasteiger partial charge in [-0.05, 0) is 55.3 Å². The third-order valence-corrected chi connectivity index (χ3v) is 4.89. The summed E-state index contributed by atoms with van der Waals surface area (Å²) in [6.07, 6.45) is 0. The molecular formula is C27H31N3O3. The van der Waals surface area contributed by atoms with E-state index < -0.39 is 0 Å². The molecule has 0 atom stereocenters. The minimum atomic E-state index is -0.205. The van der Waals surface area contributed by atoms with E-state index in [4.69, 9.17) is 4.74 Å². The fourth-order valence-electron chi connectivity index (χ4n) is 3.28. The number of carbonyl (C=O) groups excluding carboxylic acids is 2. The molecule has 2 N–H and O–H groups in total. The molecule has 0 aliphatic rings. The summed E-state index contributed by atoms with van der Waals surface area (Å²) in [6.45, 7) is 7.40. The van der Waals surface area contributed by atoms with E-state index in [0.717, 1.165) is 17.1 Å². The molecule has 0 aliphatic carbocycles. The molecule has 0 bridgehead atoms. The molecule has 0 unspecified atom stereocenters. The van der Waals surface area contributed by atoms with E-state index in [2.05, 4.69) is 24.5 Å². The number of hydrogen-bond acceptors (Lipinski definition) is 4. The van der Waals surface area contributed by atoms with Crippen LogP contribution in [0, 0.1) is 5.92 Å². The number of para-hydroxylation sites is 1. The lowest BCUT2D eigenvalue weighted by atomic mass is 10.1. The molecule has 2 amide bonds. The first kappa shape index (κ1) is 23.9. The molecule has 33 heavy (non-hydrogen) atoms. The van der Waals surface area contributed by atoms with E-state index in [1.807, 2.05) is 61.5 Å². The first-order valence-electron chi connectivity index (χ1n) is 11.2. The number of amides is 2. The monoisotopic (exact) mass is 445 g/mol. The summed E-state index contributed by atoms with van der Waals surface area (Å²) in [7, 11) is 0. The Labute approximate surface area is 195 Å². The molecule has 3 aromatic rings. The van der Waals surface area contributed by atoms with Gasteiger partial charge in [-0.1, -0.05) is 44.2 Å². The van der Waals surface area contributed by atoms with Gasteiger partial charge in [0.15, 0.2) is 0 Å². The lowest BCUT2D eigenvalue weighted by Gasteiger charge is -2.21. The van der Waals surface area contributed by atoms with Gasteiger partial charge in [-0.15, -0.1) is 0 Å². The van der Waals surface area contributed by atoms with Crippen molar-refractivity contribution in [1.82, 2.24) is 0 Å². The van der Waals surface area contributed by atoms with Crippen molar-refractivity contribution in [2.75, 3.05) is 35.2 Å². The van der Waals surface area contributed by atoms with Gasteiger partial charge >= 0.3 is 0 Å². The molecule has 0 aromatic heterocycles. The standard InChI is InChI=1S/C27H31N3O3/c1-4-30(24-13-6-5-7-14-24)27(32)21-10-8-12-23(16-21)29-26(31)18-28-22-11-9-15-25(17-22)33-19-20(2)3/h5-17,20,28H,4,18-19H2,1-3H3,(H,29,31). The fraction of sp³-hybridized carbons (Fsp3) is 0.259. The van der Waals surface area contributed by atoms with Crippen molar-refractivity contribution in [3.8, 4) is 5.75 Å². The van der Waals surface area contributed by atoms with Crippen LogP contribution in [0.4, 0.5) is 17.1 Å². The molecule has 0 spiro atoms. The van der Waals surface area contributed by atoms with Gasteiger partial charge in [0.1, 0.15) is 5.75 Å². The fourth-order valence-corrected chi connectivity index (χ4v) is 3.28. The smallest absolute Gasteiger partial charge is 0.258 e. The number of carbonyl (C=O) groups is 2. The van der Waals surface area contributed by atoms with Gasteiger partial charge in [-0.2, -0.15) is 0 Å². The van der Waals surface area contributed by atoms with Crippen LogP contribution in [-0.4, -0.2) is 31.5 Å². The molecule has 3 aromatic carbocycles. The Morgan fingerprint density at radius 1 is 0.909 bits per heavy atom. The van der Waals surface area contributed by atoms with Gasteiger partial charge in [0, 0.05) is 35.2 Å². The second kappa shape index (κ2) is 11.7. The molecule has 0 fully saturated rings. The summed E-state index contributed by atoms with van der Waals surface area (Å²) in [5.74, 6) is 0.881. The molecule has 0 radical (unpaired) electrons. The zero-order chi connectivity index (χ0) is 23.6. The van der Waals surface area contributed by atoms with E-state index in [1.165, 1.54) is 0 Å². The van der Waals surface area contributed by atoms with Crippen LogP contribution in [0.3, 0.4) is 0 Å². The van der Waals surface area contributed by atoms with Gasteiger partial charge in [0.25, 0.3) is 5.91 Å². The molecule has 0 aliphatic heterocycles. The maximum atomic E-state index is 13.0. The zero-order valence-electron chi connectivity index (χ0n) is 19.4. The second-order valence-electron chi connectivity index (χ2n) is 8.10. The van der Waals surface area contributed by atoms with Crippen molar-refractivity contribution in [3.63, 3.8) is 0 Å². The number of benzene rings is 3. The average Bonchev–Trinajstić information content (AvgIpc) is 2.83. The van der Waals surface area contributed by atoms with E-state index in [9.17, 15) is 9.59 Å². The van der Waals surface area contributed by atoms with E-state index in [1.54, 1.807) is 29.2 Å². The molecule has 6 heteroatoms. The molecule has 0 heterocycles. The average molecular weight is 446 g/mol. The summed E-state index contributed by atoms with van der Waals surface area (Å²) in [5, 5.41) is 5.97. The maximum Gasteiger partial charge on any atom is 0.258 e. The van der Waals surface area contributed by atoms with Gasteiger partial charge in [0.05, 0.1) is 13.2 Å². The van der Waals surface area contributed by atoms with E-state index in [-0.39, 0.29) is 18.4 Å². The molecule has 3 rings (SSSR count). The number of hydrogen-bond donors (Lipinski definition) is 2. The van der Waals surface area contributed by atoms with Crippen molar-refractivity contribution in [3.05, 3.63) is 84.4 Å². The van der Waals surface area contributed by atoms with Crippen molar-refractivity contribution in [2.24, 2.45) is 5.92 Å². The van der Waals surface area contributed by atoms with Crippen LogP contribution in [0.1, 0.15) is 31.1 Å². The van der Waals surface area contributed by atoms with E-state index in [0.29, 0.717) is 30.3 Å². The van der Waals surface area contributed by atoms with Crippen LogP contribution in [0.5, 0.6) is 5.75 Å². The predicted octanol–water partition coefficient (Wildman–Crippen LogP) is 5.44. The Kier molecular flexibility index (Phi) is 8.47. The molecular weight excluding hydrogens is 414 g/mol. The van der Waals surface area contributed by atoms with Gasteiger partial charge in [-0.3, -0.25) is 9.59 Å². The summed E-state index contributed by atoms with van der Waals surface area (Å²) in [4.78, 5) is 27.2. The van der Waals surface area contributed by atoms with Gasteiger partial charge < -0.3 is 20.3 Å². The highest BCUT2D eigenvalue weighted by molar-refractivity contribution is 6.07. The third kappa shape index (κ3) is 7.10. The summed E-state index contributed by atoms with van der Waals surface area (Å²) in [5.41, 5.74) is 2.73.